The number of nitrogens with one attached hydrogen (secondary N) is 1. The third kappa shape index (κ3) is 4.54. The van der Waals surface area contributed by atoms with Crippen LogP contribution >= 0.6 is 0 Å². The van der Waals surface area contributed by atoms with Crippen LogP contribution in [0.2, 0.25) is 0 Å². The van der Waals surface area contributed by atoms with Gasteiger partial charge in [-0.1, -0.05) is 57.9 Å². The molecule has 146 valence electrons. The van der Waals surface area contributed by atoms with Crippen LogP contribution in [0, 0.1) is 11.3 Å². The van der Waals surface area contributed by atoms with Crippen molar-refractivity contribution in [1.29, 1.82) is 5.26 Å². The summed E-state index contributed by atoms with van der Waals surface area (Å²) in [7, 11) is 0. The molecular formula is C24H28N2O2. The maximum absolute atomic E-state index is 12.2. The van der Waals surface area contributed by atoms with Gasteiger partial charge < -0.3 is 10.1 Å². The van der Waals surface area contributed by atoms with E-state index >= 15 is 0 Å². The Kier molecular flexibility index (Phi) is 5.74. The molecule has 1 fully saturated rings. The predicted octanol–water partition coefficient (Wildman–Crippen LogP) is 5.34. The monoisotopic (exact) mass is 376 g/mol. The quantitative estimate of drug-likeness (QED) is 0.766. The van der Waals surface area contributed by atoms with Crippen LogP contribution in [0.1, 0.15) is 57.6 Å². The average Bonchev–Trinajstić information content (AvgIpc) is 3.17. The summed E-state index contributed by atoms with van der Waals surface area (Å²) in [5.74, 6) is 0.471. The van der Waals surface area contributed by atoms with Gasteiger partial charge in [-0.05, 0) is 53.6 Å². The summed E-state index contributed by atoms with van der Waals surface area (Å²) in [4.78, 5) is 12.2. The van der Waals surface area contributed by atoms with Crippen LogP contribution in [0.3, 0.4) is 0 Å². The minimum absolute atomic E-state index is 0.0429. The first-order chi connectivity index (χ1) is 13.3. The highest BCUT2D eigenvalue weighted by molar-refractivity contribution is 5.91. The van der Waals surface area contributed by atoms with Crippen LogP contribution in [-0.4, -0.2) is 12.5 Å². The van der Waals surface area contributed by atoms with E-state index in [0.717, 1.165) is 31.2 Å². The molecule has 0 unspecified atom stereocenters. The number of nitriles is 1. The van der Waals surface area contributed by atoms with Gasteiger partial charge in [0.05, 0.1) is 11.5 Å². The molecule has 1 N–H and O–H groups in total. The van der Waals surface area contributed by atoms with Gasteiger partial charge in [0, 0.05) is 5.69 Å². The smallest absolute Gasteiger partial charge is 0.262 e. The molecule has 0 saturated heterocycles. The molecule has 0 spiro atoms. The average molecular weight is 377 g/mol. The minimum atomic E-state index is -0.356. The fourth-order valence-electron chi connectivity index (χ4n) is 3.71. The van der Waals surface area contributed by atoms with E-state index in [1.54, 1.807) is 0 Å². The number of ether oxygens (including phenoxy) is 1. The van der Waals surface area contributed by atoms with Gasteiger partial charge in [0.15, 0.2) is 6.61 Å². The van der Waals surface area contributed by atoms with Crippen molar-refractivity contribution in [3.05, 3.63) is 59.7 Å². The molecule has 3 rings (SSSR count). The molecule has 2 aromatic carbocycles. The maximum Gasteiger partial charge on any atom is 0.262 e. The summed E-state index contributed by atoms with van der Waals surface area (Å²) in [6.45, 7) is 6.44. The van der Waals surface area contributed by atoms with Crippen LogP contribution in [0.5, 0.6) is 5.75 Å². The number of carbonyl (C=O) groups excluding carboxylic acids is 1. The van der Waals surface area contributed by atoms with Crippen LogP contribution in [-0.2, 0) is 15.6 Å². The summed E-state index contributed by atoms with van der Waals surface area (Å²) in [5.41, 5.74) is 2.71. The third-order valence-corrected chi connectivity index (χ3v) is 5.48. The first kappa shape index (κ1) is 19.9. The fraction of sp³-hybridized carbons (Fsp3) is 0.417. The Labute approximate surface area is 167 Å². The molecule has 2 aromatic rings. The van der Waals surface area contributed by atoms with Gasteiger partial charge in [0.25, 0.3) is 5.91 Å². The molecule has 0 atom stereocenters. The lowest BCUT2D eigenvalue weighted by Gasteiger charge is -2.21. The van der Waals surface area contributed by atoms with Gasteiger partial charge in [-0.3, -0.25) is 4.79 Å². The van der Waals surface area contributed by atoms with Gasteiger partial charge in [0.1, 0.15) is 5.75 Å². The van der Waals surface area contributed by atoms with Crippen molar-refractivity contribution < 1.29 is 9.53 Å². The summed E-state index contributed by atoms with van der Waals surface area (Å²) >= 11 is 0. The first-order valence-corrected chi connectivity index (χ1v) is 9.87. The summed E-state index contributed by atoms with van der Waals surface area (Å²) in [6, 6.07) is 18.0. The highest BCUT2D eigenvalue weighted by Gasteiger charge is 2.35. The van der Waals surface area contributed by atoms with Crippen molar-refractivity contribution in [2.45, 2.75) is 57.3 Å². The van der Waals surface area contributed by atoms with Gasteiger partial charge in [-0.2, -0.15) is 5.26 Å². The molecule has 0 heterocycles. The Morgan fingerprint density at radius 3 is 2.21 bits per heavy atom. The molecule has 1 aliphatic carbocycles. The minimum Gasteiger partial charge on any atom is -0.484 e. The van der Waals surface area contributed by atoms with E-state index in [0.29, 0.717) is 11.4 Å². The number of benzene rings is 2. The Balaban J connectivity index is 1.54. The SMILES string of the molecule is CC(C)(C)c1ccc(OCC(=O)Nc2ccc(C3(C#N)CCCC3)cc2)cc1. The molecule has 28 heavy (non-hydrogen) atoms. The number of amides is 1. The molecule has 0 aromatic heterocycles. The molecule has 0 radical (unpaired) electrons. The second kappa shape index (κ2) is 8.06. The van der Waals surface area contributed by atoms with Crippen molar-refractivity contribution in [2.24, 2.45) is 0 Å². The number of hydrogen-bond donors (Lipinski definition) is 1. The second-order valence-corrected chi connectivity index (χ2v) is 8.59. The first-order valence-electron chi connectivity index (χ1n) is 9.87. The highest BCUT2D eigenvalue weighted by Crippen LogP contribution is 2.40. The zero-order valence-corrected chi connectivity index (χ0v) is 16.9. The Morgan fingerprint density at radius 1 is 1.07 bits per heavy atom. The predicted molar refractivity (Wildman–Crippen MR) is 111 cm³/mol. The lowest BCUT2D eigenvalue weighted by Crippen LogP contribution is -2.21. The van der Waals surface area contributed by atoms with E-state index in [1.165, 1.54) is 5.56 Å². The molecule has 1 amide bonds. The van der Waals surface area contributed by atoms with Crippen LogP contribution in [0.4, 0.5) is 5.69 Å². The van der Waals surface area contributed by atoms with Crippen LogP contribution in [0.15, 0.2) is 48.5 Å². The van der Waals surface area contributed by atoms with Crippen molar-refractivity contribution in [1.82, 2.24) is 0 Å². The van der Waals surface area contributed by atoms with Gasteiger partial charge in [0.2, 0.25) is 0 Å². The van der Waals surface area contributed by atoms with E-state index in [1.807, 2.05) is 48.5 Å². The molecule has 4 heteroatoms. The third-order valence-electron chi connectivity index (χ3n) is 5.48. The Hall–Kier alpha value is -2.80. The zero-order valence-electron chi connectivity index (χ0n) is 16.9. The standard InChI is InChI=1S/C24H28N2O2/c1-23(2,3)18-8-12-21(13-9-18)28-16-22(27)26-20-10-6-19(7-11-20)24(17-25)14-4-5-15-24/h6-13H,4-5,14-16H2,1-3H3,(H,26,27). The Morgan fingerprint density at radius 2 is 1.68 bits per heavy atom. The topological polar surface area (TPSA) is 62.1 Å². The number of rotatable bonds is 5. The molecule has 4 nitrogen and oxygen atoms in total. The normalized spacial score (nSPS) is 15.6. The zero-order chi connectivity index (χ0) is 20.2. The lowest BCUT2D eigenvalue weighted by molar-refractivity contribution is -0.118. The fourth-order valence-corrected chi connectivity index (χ4v) is 3.71. The van der Waals surface area contributed by atoms with E-state index < -0.39 is 0 Å². The summed E-state index contributed by atoms with van der Waals surface area (Å²) in [6.07, 6.45) is 4.02. The van der Waals surface area contributed by atoms with Crippen LogP contribution in [0.25, 0.3) is 0 Å². The lowest BCUT2D eigenvalue weighted by atomic mass is 9.80. The number of nitrogens with zero attached hydrogens (tertiary/aromatic N) is 1. The van der Waals surface area contributed by atoms with Crippen LogP contribution < -0.4 is 10.1 Å². The largest absolute Gasteiger partial charge is 0.484 e. The molecule has 0 bridgehead atoms. The van der Waals surface area contributed by atoms with Gasteiger partial charge >= 0.3 is 0 Å². The molecule has 1 saturated carbocycles. The molecule has 1 aliphatic rings. The highest BCUT2D eigenvalue weighted by atomic mass is 16.5. The Bertz CT molecular complexity index is 849. The van der Waals surface area contributed by atoms with Crippen molar-refractivity contribution in [3.8, 4) is 11.8 Å². The summed E-state index contributed by atoms with van der Waals surface area (Å²) < 4.78 is 5.59. The van der Waals surface area contributed by atoms with Gasteiger partial charge in [-0.25, -0.2) is 0 Å². The molecule has 0 aliphatic heterocycles. The van der Waals surface area contributed by atoms with E-state index in [-0.39, 0.29) is 23.3 Å². The number of hydrogen-bond acceptors (Lipinski definition) is 3. The maximum atomic E-state index is 12.2. The van der Waals surface area contributed by atoms with Crippen molar-refractivity contribution >= 4 is 11.6 Å². The number of anilines is 1. The molecular weight excluding hydrogens is 348 g/mol. The van der Waals surface area contributed by atoms with E-state index in [9.17, 15) is 10.1 Å². The van der Waals surface area contributed by atoms with Crippen molar-refractivity contribution in [3.63, 3.8) is 0 Å². The van der Waals surface area contributed by atoms with Gasteiger partial charge in [-0.15, -0.1) is 0 Å². The van der Waals surface area contributed by atoms with E-state index in [2.05, 4.69) is 32.2 Å². The van der Waals surface area contributed by atoms with E-state index in [4.69, 9.17) is 4.74 Å². The summed E-state index contributed by atoms with van der Waals surface area (Å²) in [5, 5.41) is 12.4. The van der Waals surface area contributed by atoms with Crippen molar-refractivity contribution in [2.75, 3.05) is 11.9 Å². The second-order valence-electron chi connectivity index (χ2n) is 8.59. The number of carbonyl (C=O) groups is 1.